The van der Waals surface area contributed by atoms with Gasteiger partial charge in [-0.3, -0.25) is 4.79 Å². The Labute approximate surface area is 134 Å². The van der Waals surface area contributed by atoms with Crippen molar-refractivity contribution < 1.29 is 13.2 Å². The molecule has 0 spiro atoms. The van der Waals surface area contributed by atoms with Crippen molar-refractivity contribution in [2.75, 3.05) is 18.6 Å². The van der Waals surface area contributed by atoms with Crippen molar-refractivity contribution >= 4 is 54.3 Å². The molecule has 1 aromatic rings. The summed E-state index contributed by atoms with van der Waals surface area (Å²) in [5.41, 5.74) is 0.568. The Bertz CT molecular complexity index is 617. The summed E-state index contributed by atoms with van der Waals surface area (Å²) in [5.74, 6) is 0.0898. The van der Waals surface area contributed by atoms with E-state index in [1.54, 1.807) is 18.0 Å². The summed E-state index contributed by atoms with van der Waals surface area (Å²) in [6.45, 7) is 0. The third kappa shape index (κ3) is 3.49. The molecule has 0 aromatic heterocycles. The number of nitrogens with zero attached hydrogens (tertiary/aromatic N) is 1. The van der Waals surface area contributed by atoms with E-state index in [1.807, 2.05) is 12.1 Å². The third-order valence-corrected chi connectivity index (χ3v) is 6.35. The second-order valence-corrected chi connectivity index (χ2v) is 8.93. The van der Waals surface area contributed by atoms with E-state index in [4.69, 9.17) is 0 Å². The van der Waals surface area contributed by atoms with Crippen LogP contribution in [0.3, 0.4) is 0 Å². The van der Waals surface area contributed by atoms with Gasteiger partial charge in [-0.2, -0.15) is 0 Å². The van der Waals surface area contributed by atoms with Crippen molar-refractivity contribution in [3.8, 4) is 0 Å². The zero-order valence-corrected chi connectivity index (χ0v) is 14.8. The molecule has 4 nitrogen and oxygen atoms in total. The van der Waals surface area contributed by atoms with Crippen molar-refractivity contribution in [3.63, 3.8) is 0 Å². The maximum Gasteiger partial charge on any atom is 0.255 e. The molecule has 0 saturated carbocycles. The first-order valence-electron chi connectivity index (χ1n) is 5.73. The lowest BCUT2D eigenvalue weighted by atomic mass is 10.1. The van der Waals surface area contributed by atoms with Gasteiger partial charge in [-0.1, -0.05) is 0 Å². The normalized spacial score (nSPS) is 21.3. The van der Waals surface area contributed by atoms with Gasteiger partial charge in [-0.25, -0.2) is 8.42 Å². The SMILES string of the molecule is CN(C(=O)c1cc(I)ccc1Br)C1CCS(=O)(=O)C1. The van der Waals surface area contributed by atoms with E-state index in [0.29, 0.717) is 12.0 Å². The molecule has 104 valence electrons. The van der Waals surface area contributed by atoms with Gasteiger partial charge in [-0.15, -0.1) is 0 Å². The van der Waals surface area contributed by atoms with Crippen LogP contribution in [0.2, 0.25) is 0 Å². The summed E-state index contributed by atoms with van der Waals surface area (Å²) in [6, 6.07) is 5.31. The lowest BCUT2D eigenvalue weighted by molar-refractivity contribution is 0.0746. The van der Waals surface area contributed by atoms with E-state index in [9.17, 15) is 13.2 Å². The van der Waals surface area contributed by atoms with Crippen LogP contribution in [0.25, 0.3) is 0 Å². The van der Waals surface area contributed by atoms with Crippen LogP contribution >= 0.6 is 38.5 Å². The quantitative estimate of drug-likeness (QED) is 0.640. The van der Waals surface area contributed by atoms with E-state index < -0.39 is 9.84 Å². The van der Waals surface area contributed by atoms with Crippen molar-refractivity contribution in [3.05, 3.63) is 31.8 Å². The predicted octanol–water partition coefficient (Wildman–Crippen LogP) is 2.31. The first-order chi connectivity index (χ1) is 8.80. The number of hydrogen-bond donors (Lipinski definition) is 0. The van der Waals surface area contributed by atoms with E-state index in [1.165, 1.54) is 0 Å². The Balaban J connectivity index is 2.22. The van der Waals surface area contributed by atoms with Crippen molar-refractivity contribution in [1.29, 1.82) is 0 Å². The Morgan fingerprint density at radius 3 is 2.74 bits per heavy atom. The molecule has 2 rings (SSSR count). The Morgan fingerprint density at radius 1 is 1.47 bits per heavy atom. The van der Waals surface area contributed by atoms with Crippen molar-refractivity contribution in [2.45, 2.75) is 12.5 Å². The van der Waals surface area contributed by atoms with Crippen LogP contribution in [-0.2, 0) is 9.84 Å². The Morgan fingerprint density at radius 2 is 2.16 bits per heavy atom. The van der Waals surface area contributed by atoms with Gasteiger partial charge in [0, 0.05) is 21.1 Å². The highest BCUT2D eigenvalue weighted by molar-refractivity contribution is 14.1. The monoisotopic (exact) mass is 457 g/mol. The molecular weight excluding hydrogens is 445 g/mol. The zero-order chi connectivity index (χ0) is 14.2. The largest absolute Gasteiger partial charge is 0.338 e. The number of sulfone groups is 1. The van der Waals surface area contributed by atoms with E-state index in [-0.39, 0.29) is 23.5 Å². The fourth-order valence-corrected chi connectivity index (χ4v) is 4.78. The summed E-state index contributed by atoms with van der Waals surface area (Å²) < 4.78 is 24.7. The van der Waals surface area contributed by atoms with Crippen LogP contribution in [0.1, 0.15) is 16.8 Å². The molecule has 19 heavy (non-hydrogen) atoms. The molecule has 1 heterocycles. The van der Waals surface area contributed by atoms with Gasteiger partial charge < -0.3 is 4.90 Å². The summed E-state index contributed by atoms with van der Waals surface area (Å²) in [6.07, 6.45) is 0.520. The molecule has 1 aliphatic heterocycles. The van der Waals surface area contributed by atoms with Gasteiger partial charge in [0.15, 0.2) is 9.84 Å². The molecule has 0 aliphatic carbocycles. The lowest BCUT2D eigenvalue weighted by Crippen LogP contribution is -2.38. The molecular formula is C12H13BrINO3S. The second kappa shape index (κ2) is 5.69. The summed E-state index contributed by atoms with van der Waals surface area (Å²) >= 11 is 5.51. The Kier molecular flexibility index (Phi) is 4.56. The van der Waals surface area contributed by atoms with Crippen LogP contribution in [0.5, 0.6) is 0 Å². The number of carbonyl (C=O) groups excluding carboxylic acids is 1. The van der Waals surface area contributed by atoms with E-state index >= 15 is 0 Å². The smallest absolute Gasteiger partial charge is 0.255 e. The van der Waals surface area contributed by atoms with Crippen molar-refractivity contribution in [1.82, 2.24) is 4.90 Å². The summed E-state index contributed by atoms with van der Waals surface area (Å²) in [4.78, 5) is 14.0. The molecule has 1 amide bonds. The molecule has 0 radical (unpaired) electrons. The molecule has 1 unspecified atom stereocenters. The number of halogens is 2. The maximum absolute atomic E-state index is 12.4. The molecule has 1 aromatic carbocycles. The molecule has 1 aliphatic rings. The van der Waals surface area contributed by atoms with Gasteiger partial charge in [-0.05, 0) is 63.1 Å². The first-order valence-corrected chi connectivity index (χ1v) is 9.42. The number of benzene rings is 1. The van der Waals surface area contributed by atoms with Crippen LogP contribution in [0, 0.1) is 3.57 Å². The number of hydrogen-bond acceptors (Lipinski definition) is 3. The average molecular weight is 458 g/mol. The first kappa shape index (κ1) is 15.2. The molecule has 1 saturated heterocycles. The number of rotatable bonds is 2. The highest BCUT2D eigenvalue weighted by Gasteiger charge is 2.33. The highest BCUT2D eigenvalue weighted by atomic mass is 127. The fraction of sp³-hybridized carbons (Fsp3) is 0.417. The molecule has 0 bridgehead atoms. The van der Waals surface area contributed by atoms with Crippen LogP contribution in [0.15, 0.2) is 22.7 Å². The van der Waals surface area contributed by atoms with Crippen LogP contribution in [0.4, 0.5) is 0 Å². The highest BCUT2D eigenvalue weighted by Crippen LogP contribution is 2.24. The van der Waals surface area contributed by atoms with E-state index in [2.05, 4.69) is 38.5 Å². The molecule has 1 atom stereocenters. The minimum atomic E-state index is -2.98. The third-order valence-electron chi connectivity index (χ3n) is 3.24. The predicted molar refractivity (Wildman–Crippen MR) is 86.0 cm³/mol. The number of amides is 1. The molecule has 0 N–H and O–H groups in total. The van der Waals surface area contributed by atoms with Gasteiger partial charge >= 0.3 is 0 Å². The van der Waals surface area contributed by atoms with E-state index in [0.717, 1.165) is 8.04 Å². The molecule has 7 heteroatoms. The minimum Gasteiger partial charge on any atom is -0.338 e. The second-order valence-electron chi connectivity index (χ2n) is 4.60. The summed E-state index contributed by atoms with van der Waals surface area (Å²) in [5, 5.41) is 0. The van der Waals surface area contributed by atoms with Crippen LogP contribution < -0.4 is 0 Å². The Hall–Kier alpha value is -0.150. The lowest BCUT2D eigenvalue weighted by Gasteiger charge is -2.24. The van der Waals surface area contributed by atoms with Gasteiger partial charge in [0.2, 0.25) is 0 Å². The maximum atomic E-state index is 12.4. The number of carbonyl (C=O) groups is 1. The topological polar surface area (TPSA) is 54.5 Å². The average Bonchev–Trinajstić information content (AvgIpc) is 2.71. The fourth-order valence-electron chi connectivity index (χ4n) is 2.10. The molecule has 1 fully saturated rings. The van der Waals surface area contributed by atoms with Gasteiger partial charge in [0.1, 0.15) is 0 Å². The van der Waals surface area contributed by atoms with Gasteiger partial charge in [0.05, 0.1) is 17.1 Å². The minimum absolute atomic E-state index is 0.0663. The summed E-state index contributed by atoms with van der Waals surface area (Å²) in [7, 11) is -1.31. The van der Waals surface area contributed by atoms with Crippen molar-refractivity contribution in [2.24, 2.45) is 0 Å². The van der Waals surface area contributed by atoms with Gasteiger partial charge in [0.25, 0.3) is 5.91 Å². The standard InChI is InChI=1S/C12H13BrINO3S/c1-15(9-4-5-19(17,18)7-9)12(16)10-6-8(14)2-3-11(10)13/h2-3,6,9H,4-5,7H2,1H3. The zero-order valence-electron chi connectivity index (χ0n) is 10.3. The van der Waals surface area contributed by atoms with Crippen LogP contribution in [-0.4, -0.2) is 43.8 Å².